The summed E-state index contributed by atoms with van der Waals surface area (Å²) in [4.78, 5) is 4.25. The summed E-state index contributed by atoms with van der Waals surface area (Å²) in [5.41, 5.74) is 1.86. The van der Waals surface area contributed by atoms with Gasteiger partial charge < -0.3 is 9.88 Å². The van der Waals surface area contributed by atoms with Gasteiger partial charge in [-0.1, -0.05) is 18.2 Å². The van der Waals surface area contributed by atoms with Gasteiger partial charge in [-0.2, -0.15) is 0 Å². The molecule has 1 N–H and O–H groups in total. The minimum Gasteiger partial charge on any atom is -0.329 e. The second kappa shape index (κ2) is 5.75. The Morgan fingerprint density at radius 1 is 1.35 bits per heavy atom. The van der Waals surface area contributed by atoms with E-state index in [-0.39, 0.29) is 5.82 Å². The van der Waals surface area contributed by atoms with Gasteiger partial charge in [0.25, 0.3) is 0 Å². The van der Waals surface area contributed by atoms with Crippen LogP contribution in [0.1, 0.15) is 43.5 Å². The van der Waals surface area contributed by atoms with Gasteiger partial charge in [-0.15, -0.1) is 0 Å². The molecule has 2 atom stereocenters. The number of halogens is 1. The molecule has 2 heterocycles. The van der Waals surface area contributed by atoms with Crippen LogP contribution in [0, 0.1) is 5.82 Å². The Morgan fingerprint density at radius 3 is 3.00 bits per heavy atom. The van der Waals surface area contributed by atoms with Crippen molar-refractivity contribution in [3.63, 3.8) is 0 Å². The van der Waals surface area contributed by atoms with Crippen molar-refractivity contribution in [3.05, 3.63) is 53.9 Å². The zero-order valence-electron chi connectivity index (χ0n) is 11.7. The Morgan fingerprint density at radius 2 is 2.20 bits per heavy atom. The first kappa shape index (κ1) is 13.3. The van der Waals surface area contributed by atoms with Gasteiger partial charge in [0.15, 0.2) is 0 Å². The maximum Gasteiger partial charge on any atom is 0.128 e. The summed E-state index contributed by atoms with van der Waals surface area (Å²) >= 11 is 0. The number of nitrogens with one attached hydrogen (secondary N) is 1. The van der Waals surface area contributed by atoms with Gasteiger partial charge in [0.05, 0.1) is 18.6 Å². The van der Waals surface area contributed by atoms with Crippen LogP contribution in [0.5, 0.6) is 0 Å². The number of imidazole rings is 1. The smallest absolute Gasteiger partial charge is 0.128 e. The lowest BCUT2D eigenvalue weighted by molar-refractivity contribution is 0.330. The Balaban J connectivity index is 1.81. The normalized spacial score (nSPS) is 22.9. The number of hydrogen-bond donors (Lipinski definition) is 1. The molecule has 1 aliphatic rings. The van der Waals surface area contributed by atoms with E-state index in [0.29, 0.717) is 24.2 Å². The molecule has 2 aromatic rings. The van der Waals surface area contributed by atoms with Crippen molar-refractivity contribution in [2.45, 2.75) is 44.8 Å². The molecule has 4 heteroatoms. The van der Waals surface area contributed by atoms with Crippen molar-refractivity contribution < 1.29 is 4.39 Å². The topological polar surface area (TPSA) is 29.9 Å². The minimum absolute atomic E-state index is 0.155. The van der Waals surface area contributed by atoms with Crippen molar-refractivity contribution in [1.82, 2.24) is 14.9 Å². The summed E-state index contributed by atoms with van der Waals surface area (Å²) in [6.45, 7) is 2.75. The highest BCUT2D eigenvalue weighted by Gasteiger charge is 2.22. The lowest BCUT2D eigenvalue weighted by atomic mass is 9.97. The molecule has 0 amide bonds. The summed E-state index contributed by atoms with van der Waals surface area (Å²) in [6.07, 6.45) is 7.26. The quantitative estimate of drug-likeness (QED) is 0.930. The number of hydrogen-bond acceptors (Lipinski definition) is 2. The first-order valence-electron chi connectivity index (χ1n) is 7.23. The molecule has 0 aliphatic carbocycles. The first-order chi connectivity index (χ1) is 9.74. The van der Waals surface area contributed by atoms with Crippen LogP contribution in [0.15, 0.2) is 36.8 Å². The summed E-state index contributed by atoms with van der Waals surface area (Å²) in [6, 6.07) is 7.79. The molecule has 1 saturated heterocycles. The second-order valence-electron chi connectivity index (χ2n) is 5.59. The number of piperidine rings is 1. The van der Waals surface area contributed by atoms with E-state index in [1.165, 1.54) is 18.9 Å². The average Bonchev–Trinajstić information content (AvgIpc) is 2.90. The molecule has 1 aliphatic heterocycles. The van der Waals surface area contributed by atoms with E-state index in [2.05, 4.69) is 17.2 Å². The summed E-state index contributed by atoms with van der Waals surface area (Å²) in [5, 5.41) is 3.60. The maximum atomic E-state index is 13.8. The maximum absolute atomic E-state index is 13.8. The standard InChI is InChI=1S/C16H20FN3/c1-12-5-4-8-15(19-12)16-9-18-11-20(16)10-13-6-2-3-7-14(13)17/h2-3,6-7,9,11-12,15,19H,4-5,8,10H2,1H3. The van der Waals surface area contributed by atoms with Crippen LogP contribution in [0.2, 0.25) is 0 Å². The van der Waals surface area contributed by atoms with E-state index in [1.54, 1.807) is 12.4 Å². The van der Waals surface area contributed by atoms with E-state index < -0.39 is 0 Å². The Kier molecular flexibility index (Phi) is 3.83. The second-order valence-corrected chi connectivity index (χ2v) is 5.59. The molecule has 0 spiro atoms. The Labute approximate surface area is 118 Å². The molecular weight excluding hydrogens is 253 g/mol. The zero-order valence-corrected chi connectivity index (χ0v) is 11.7. The van der Waals surface area contributed by atoms with Crippen LogP contribution < -0.4 is 5.32 Å². The van der Waals surface area contributed by atoms with Gasteiger partial charge in [-0.25, -0.2) is 9.37 Å². The van der Waals surface area contributed by atoms with Crippen LogP contribution in [-0.2, 0) is 6.54 Å². The molecule has 0 bridgehead atoms. The molecule has 1 aromatic carbocycles. The zero-order chi connectivity index (χ0) is 13.9. The first-order valence-corrected chi connectivity index (χ1v) is 7.23. The fraction of sp³-hybridized carbons (Fsp3) is 0.438. The highest BCUT2D eigenvalue weighted by Crippen LogP contribution is 2.25. The van der Waals surface area contributed by atoms with Crippen LogP contribution >= 0.6 is 0 Å². The van der Waals surface area contributed by atoms with Gasteiger partial charge in [0.2, 0.25) is 0 Å². The van der Waals surface area contributed by atoms with Crippen LogP contribution in [0.25, 0.3) is 0 Å². The van der Waals surface area contributed by atoms with Crippen molar-refractivity contribution in [3.8, 4) is 0 Å². The number of benzene rings is 1. The third-order valence-electron chi connectivity index (χ3n) is 4.02. The molecule has 2 unspecified atom stereocenters. The van der Waals surface area contributed by atoms with Crippen molar-refractivity contribution in [2.75, 3.05) is 0 Å². The van der Waals surface area contributed by atoms with E-state index >= 15 is 0 Å². The fourth-order valence-corrected chi connectivity index (χ4v) is 2.93. The lowest BCUT2D eigenvalue weighted by Gasteiger charge is -2.29. The summed E-state index contributed by atoms with van der Waals surface area (Å²) < 4.78 is 15.8. The molecule has 1 fully saturated rings. The van der Waals surface area contributed by atoms with Gasteiger partial charge in [0.1, 0.15) is 5.82 Å². The molecular formula is C16H20FN3. The molecule has 3 rings (SSSR count). The van der Waals surface area contributed by atoms with E-state index in [0.717, 1.165) is 12.1 Å². The summed E-state index contributed by atoms with van der Waals surface area (Å²) in [5.74, 6) is -0.155. The molecule has 20 heavy (non-hydrogen) atoms. The van der Waals surface area contributed by atoms with Crippen LogP contribution in [0.3, 0.4) is 0 Å². The Hall–Kier alpha value is -1.68. The number of nitrogens with zero attached hydrogens (tertiary/aromatic N) is 2. The number of rotatable bonds is 3. The highest BCUT2D eigenvalue weighted by molar-refractivity contribution is 5.19. The molecule has 0 saturated carbocycles. The van der Waals surface area contributed by atoms with Crippen molar-refractivity contribution in [1.29, 1.82) is 0 Å². The molecule has 3 nitrogen and oxygen atoms in total. The van der Waals surface area contributed by atoms with Crippen LogP contribution in [-0.4, -0.2) is 15.6 Å². The van der Waals surface area contributed by atoms with E-state index in [4.69, 9.17) is 0 Å². The van der Waals surface area contributed by atoms with Gasteiger partial charge >= 0.3 is 0 Å². The predicted octanol–water partition coefficient (Wildman–Crippen LogP) is 3.27. The molecule has 0 radical (unpaired) electrons. The van der Waals surface area contributed by atoms with Crippen LogP contribution in [0.4, 0.5) is 4.39 Å². The van der Waals surface area contributed by atoms with Crippen molar-refractivity contribution in [2.24, 2.45) is 0 Å². The molecule has 1 aromatic heterocycles. The van der Waals surface area contributed by atoms with Gasteiger partial charge in [0, 0.05) is 23.8 Å². The average molecular weight is 273 g/mol. The highest BCUT2D eigenvalue weighted by atomic mass is 19.1. The van der Waals surface area contributed by atoms with E-state index in [1.807, 2.05) is 22.9 Å². The SMILES string of the molecule is CC1CCCC(c2cncn2Cc2ccccc2F)N1. The lowest BCUT2D eigenvalue weighted by Crippen LogP contribution is -2.35. The number of aromatic nitrogens is 2. The van der Waals surface area contributed by atoms with Crippen molar-refractivity contribution >= 4 is 0 Å². The largest absolute Gasteiger partial charge is 0.329 e. The minimum atomic E-state index is -0.155. The molecule has 106 valence electrons. The van der Waals surface area contributed by atoms with Gasteiger partial charge in [-0.3, -0.25) is 0 Å². The predicted molar refractivity (Wildman–Crippen MR) is 76.9 cm³/mol. The third kappa shape index (κ3) is 2.75. The Bertz CT molecular complexity index is 579. The third-order valence-corrected chi connectivity index (χ3v) is 4.02. The monoisotopic (exact) mass is 273 g/mol. The fourth-order valence-electron chi connectivity index (χ4n) is 2.93. The van der Waals surface area contributed by atoms with Gasteiger partial charge in [-0.05, 0) is 32.3 Å². The summed E-state index contributed by atoms with van der Waals surface area (Å²) in [7, 11) is 0. The van der Waals surface area contributed by atoms with E-state index in [9.17, 15) is 4.39 Å².